The van der Waals surface area contributed by atoms with E-state index in [4.69, 9.17) is 0 Å². The van der Waals surface area contributed by atoms with Gasteiger partial charge in [0.25, 0.3) is 0 Å². The third-order valence-corrected chi connectivity index (χ3v) is 2.98. The third kappa shape index (κ3) is 2.17. The molecule has 0 aliphatic rings. The van der Waals surface area contributed by atoms with Crippen molar-refractivity contribution >= 4 is 27.4 Å². The molecular formula is C10H13BrN4O. The zero-order valence-electron chi connectivity index (χ0n) is 9.05. The fourth-order valence-electron chi connectivity index (χ4n) is 1.28. The molecule has 2 unspecified atom stereocenters. The number of hydrogen-bond acceptors (Lipinski definition) is 4. The Bertz CT molecular complexity index is 497. The number of anilines is 1. The van der Waals surface area contributed by atoms with Gasteiger partial charge in [-0.1, -0.05) is 0 Å². The first-order valence-electron chi connectivity index (χ1n) is 5.02. The molecule has 0 bridgehead atoms. The third-order valence-electron chi connectivity index (χ3n) is 2.43. The summed E-state index contributed by atoms with van der Waals surface area (Å²) in [5.74, 6) is 0.724. The van der Waals surface area contributed by atoms with Crippen LogP contribution in [0.3, 0.4) is 0 Å². The van der Waals surface area contributed by atoms with Crippen molar-refractivity contribution in [2.24, 2.45) is 0 Å². The highest BCUT2D eigenvalue weighted by Crippen LogP contribution is 2.17. The SMILES string of the molecule is CC(O)C(C)Nc1ccn2ncc(Br)c2n1. The fraction of sp³-hybridized carbons (Fsp3) is 0.400. The number of nitrogens with zero attached hydrogens (tertiary/aromatic N) is 3. The van der Waals surface area contributed by atoms with Crippen LogP contribution in [0, 0.1) is 0 Å². The van der Waals surface area contributed by atoms with Gasteiger partial charge in [0.05, 0.1) is 22.8 Å². The molecule has 2 rings (SSSR count). The highest BCUT2D eigenvalue weighted by atomic mass is 79.9. The summed E-state index contributed by atoms with van der Waals surface area (Å²) in [6.07, 6.45) is 3.10. The van der Waals surface area contributed by atoms with Crippen molar-refractivity contribution in [2.75, 3.05) is 5.32 Å². The highest BCUT2D eigenvalue weighted by Gasteiger charge is 2.10. The monoisotopic (exact) mass is 284 g/mol. The summed E-state index contributed by atoms with van der Waals surface area (Å²) in [6, 6.07) is 1.78. The standard InChI is InChI=1S/C10H13BrN4O/c1-6(7(2)16)13-9-3-4-15-10(14-9)8(11)5-12-15/h3-7,16H,1-2H3,(H,13,14). The van der Waals surface area contributed by atoms with Crippen molar-refractivity contribution in [1.82, 2.24) is 14.6 Å². The lowest BCUT2D eigenvalue weighted by molar-refractivity contribution is 0.177. The molecule has 0 fully saturated rings. The maximum absolute atomic E-state index is 9.39. The molecule has 16 heavy (non-hydrogen) atoms. The molecule has 2 aromatic heterocycles. The van der Waals surface area contributed by atoms with E-state index in [-0.39, 0.29) is 6.04 Å². The van der Waals surface area contributed by atoms with Crippen LogP contribution in [-0.2, 0) is 0 Å². The summed E-state index contributed by atoms with van der Waals surface area (Å²) in [6.45, 7) is 3.65. The van der Waals surface area contributed by atoms with Gasteiger partial charge in [-0.25, -0.2) is 9.50 Å². The van der Waals surface area contributed by atoms with E-state index >= 15 is 0 Å². The van der Waals surface area contributed by atoms with Crippen molar-refractivity contribution in [3.8, 4) is 0 Å². The summed E-state index contributed by atoms with van der Waals surface area (Å²) in [7, 11) is 0. The second kappa shape index (κ2) is 4.39. The lowest BCUT2D eigenvalue weighted by Gasteiger charge is -2.16. The second-order valence-corrected chi connectivity index (χ2v) is 4.60. The lowest BCUT2D eigenvalue weighted by atomic mass is 10.2. The summed E-state index contributed by atoms with van der Waals surface area (Å²) < 4.78 is 2.53. The van der Waals surface area contributed by atoms with E-state index in [0.717, 1.165) is 15.9 Å². The van der Waals surface area contributed by atoms with Gasteiger partial charge in [0.2, 0.25) is 0 Å². The largest absolute Gasteiger partial charge is 0.391 e. The Morgan fingerprint density at radius 3 is 2.94 bits per heavy atom. The molecule has 2 atom stereocenters. The molecule has 2 aromatic rings. The second-order valence-electron chi connectivity index (χ2n) is 3.75. The number of fused-ring (bicyclic) bond motifs is 1. The van der Waals surface area contributed by atoms with Crippen LogP contribution in [0.25, 0.3) is 5.65 Å². The molecule has 0 radical (unpaired) electrons. The number of hydrogen-bond donors (Lipinski definition) is 2. The predicted octanol–water partition coefficient (Wildman–Crippen LogP) is 1.67. The number of aliphatic hydroxyl groups is 1. The molecule has 0 amide bonds. The molecule has 0 aliphatic carbocycles. The van der Waals surface area contributed by atoms with Crippen LogP contribution < -0.4 is 5.32 Å². The molecule has 2 heterocycles. The van der Waals surface area contributed by atoms with E-state index in [1.165, 1.54) is 0 Å². The smallest absolute Gasteiger partial charge is 0.171 e. The van der Waals surface area contributed by atoms with Crippen LogP contribution in [0.4, 0.5) is 5.82 Å². The Balaban J connectivity index is 2.28. The zero-order chi connectivity index (χ0) is 11.7. The first-order valence-corrected chi connectivity index (χ1v) is 5.81. The van der Waals surface area contributed by atoms with Gasteiger partial charge in [-0.3, -0.25) is 0 Å². The topological polar surface area (TPSA) is 62.5 Å². The van der Waals surface area contributed by atoms with Gasteiger partial charge in [-0.2, -0.15) is 5.10 Å². The van der Waals surface area contributed by atoms with Crippen LogP contribution in [-0.4, -0.2) is 31.9 Å². The van der Waals surface area contributed by atoms with E-state index in [2.05, 4.69) is 31.3 Å². The maximum Gasteiger partial charge on any atom is 0.171 e. The Labute approximate surface area is 102 Å². The van der Waals surface area contributed by atoms with E-state index in [1.54, 1.807) is 17.6 Å². The number of rotatable bonds is 3. The molecule has 6 heteroatoms. The summed E-state index contributed by atoms with van der Waals surface area (Å²) >= 11 is 3.37. The van der Waals surface area contributed by atoms with E-state index in [1.807, 2.05) is 19.2 Å². The minimum Gasteiger partial charge on any atom is -0.391 e. The summed E-state index contributed by atoms with van der Waals surface area (Å²) in [4.78, 5) is 4.39. The van der Waals surface area contributed by atoms with Gasteiger partial charge >= 0.3 is 0 Å². The molecule has 5 nitrogen and oxygen atoms in total. The molecule has 0 aliphatic heterocycles. The minimum absolute atomic E-state index is 0.0448. The number of aromatic nitrogens is 3. The van der Waals surface area contributed by atoms with Crippen molar-refractivity contribution < 1.29 is 5.11 Å². The van der Waals surface area contributed by atoms with Gasteiger partial charge in [0.1, 0.15) is 5.82 Å². The first kappa shape index (κ1) is 11.3. The van der Waals surface area contributed by atoms with Crippen molar-refractivity contribution in [1.29, 1.82) is 0 Å². The van der Waals surface area contributed by atoms with Crippen molar-refractivity contribution in [3.05, 3.63) is 22.9 Å². The minimum atomic E-state index is -0.425. The maximum atomic E-state index is 9.39. The van der Waals surface area contributed by atoms with E-state index in [0.29, 0.717) is 0 Å². The van der Waals surface area contributed by atoms with Crippen LogP contribution in [0.5, 0.6) is 0 Å². The summed E-state index contributed by atoms with van der Waals surface area (Å²) in [5, 5.41) is 16.6. The number of aliphatic hydroxyl groups excluding tert-OH is 1. The fourth-order valence-corrected chi connectivity index (χ4v) is 1.64. The van der Waals surface area contributed by atoms with Gasteiger partial charge < -0.3 is 10.4 Å². The van der Waals surface area contributed by atoms with Crippen molar-refractivity contribution in [3.63, 3.8) is 0 Å². The molecule has 0 aromatic carbocycles. The Morgan fingerprint density at radius 2 is 2.25 bits per heavy atom. The van der Waals surface area contributed by atoms with Crippen LogP contribution >= 0.6 is 15.9 Å². The van der Waals surface area contributed by atoms with E-state index in [9.17, 15) is 5.11 Å². The predicted molar refractivity (Wildman–Crippen MR) is 65.5 cm³/mol. The Hall–Kier alpha value is -1.14. The average Bonchev–Trinajstić information content (AvgIpc) is 2.60. The number of halogens is 1. The molecule has 0 saturated carbocycles. The quantitative estimate of drug-likeness (QED) is 0.900. The van der Waals surface area contributed by atoms with Gasteiger partial charge in [0.15, 0.2) is 5.65 Å². The zero-order valence-corrected chi connectivity index (χ0v) is 10.6. The van der Waals surface area contributed by atoms with E-state index < -0.39 is 6.10 Å². The normalized spacial score (nSPS) is 15.0. The van der Waals surface area contributed by atoms with Crippen LogP contribution in [0.1, 0.15) is 13.8 Å². The lowest BCUT2D eigenvalue weighted by Crippen LogP contribution is -2.28. The Morgan fingerprint density at radius 1 is 1.50 bits per heavy atom. The van der Waals surface area contributed by atoms with Crippen LogP contribution in [0.2, 0.25) is 0 Å². The summed E-state index contributed by atoms with van der Waals surface area (Å²) in [5.41, 5.74) is 0.753. The van der Waals surface area contributed by atoms with Crippen molar-refractivity contribution in [2.45, 2.75) is 26.0 Å². The van der Waals surface area contributed by atoms with Gasteiger partial charge in [0, 0.05) is 6.20 Å². The average molecular weight is 285 g/mol. The molecule has 0 saturated heterocycles. The molecule has 0 spiro atoms. The Kier molecular flexibility index (Phi) is 3.11. The molecular weight excluding hydrogens is 272 g/mol. The van der Waals surface area contributed by atoms with Gasteiger partial charge in [-0.05, 0) is 35.8 Å². The first-order chi connectivity index (χ1) is 7.58. The number of nitrogens with one attached hydrogen (secondary N) is 1. The van der Waals surface area contributed by atoms with Gasteiger partial charge in [-0.15, -0.1) is 0 Å². The molecule has 2 N–H and O–H groups in total. The highest BCUT2D eigenvalue weighted by molar-refractivity contribution is 9.10. The molecule has 86 valence electrons. The van der Waals surface area contributed by atoms with Crippen LogP contribution in [0.15, 0.2) is 22.9 Å².